The number of hydrogen-bond acceptors (Lipinski definition) is 4. The maximum Gasteiger partial charge on any atom is 0.242 e. The van der Waals surface area contributed by atoms with Crippen LogP contribution in [0, 0.1) is 5.92 Å². The van der Waals surface area contributed by atoms with E-state index in [1.54, 1.807) is 12.1 Å². The van der Waals surface area contributed by atoms with Gasteiger partial charge in [0.15, 0.2) is 0 Å². The van der Waals surface area contributed by atoms with Gasteiger partial charge in [0.05, 0.1) is 15.9 Å². The summed E-state index contributed by atoms with van der Waals surface area (Å²) in [6, 6.07) is 5.36. The minimum atomic E-state index is -3.51. The molecule has 1 saturated carbocycles. The van der Waals surface area contributed by atoms with Gasteiger partial charge in [0.2, 0.25) is 15.9 Å². The summed E-state index contributed by atoms with van der Waals surface area (Å²) in [5.41, 5.74) is 1.54. The van der Waals surface area contributed by atoms with E-state index in [4.69, 9.17) is 0 Å². The van der Waals surface area contributed by atoms with Gasteiger partial charge in [0.25, 0.3) is 0 Å². The summed E-state index contributed by atoms with van der Waals surface area (Å²) in [6.07, 6.45) is 8.05. The van der Waals surface area contributed by atoms with Crippen molar-refractivity contribution in [1.29, 1.82) is 0 Å². The van der Waals surface area contributed by atoms with E-state index in [0.29, 0.717) is 30.3 Å². The lowest BCUT2D eigenvalue weighted by molar-refractivity contribution is -0.122. The molecule has 2 atom stereocenters. The van der Waals surface area contributed by atoms with Crippen LogP contribution in [0.15, 0.2) is 23.1 Å². The molecule has 0 bridgehead atoms. The SMILES string of the molecule is CCCCC1CCCC1NC(=O)CCc1nc2cc(S(=O)(=O)N(C)C)ccc2n1CC. The molecule has 8 heteroatoms. The highest BCUT2D eigenvalue weighted by Crippen LogP contribution is 2.30. The van der Waals surface area contributed by atoms with E-state index in [2.05, 4.69) is 21.8 Å². The lowest BCUT2D eigenvalue weighted by Crippen LogP contribution is -2.37. The van der Waals surface area contributed by atoms with Crippen molar-refractivity contribution in [3.05, 3.63) is 24.0 Å². The van der Waals surface area contributed by atoms with Crippen molar-refractivity contribution in [2.24, 2.45) is 5.92 Å². The van der Waals surface area contributed by atoms with Crippen LogP contribution >= 0.6 is 0 Å². The van der Waals surface area contributed by atoms with E-state index in [1.807, 2.05) is 13.0 Å². The van der Waals surface area contributed by atoms with Crippen LogP contribution in [-0.2, 0) is 27.8 Å². The predicted molar refractivity (Wildman–Crippen MR) is 123 cm³/mol. The number of carbonyl (C=O) groups excluding carboxylic acids is 1. The van der Waals surface area contributed by atoms with E-state index in [1.165, 1.54) is 50.5 Å². The molecule has 7 nitrogen and oxygen atoms in total. The Morgan fingerprint density at radius 2 is 2.03 bits per heavy atom. The first-order chi connectivity index (χ1) is 14.8. The fourth-order valence-electron chi connectivity index (χ4n) is 4.62. The van der Waals surface area contributed by atoms with E-state index in [-0.39, 0.29) is 10.8 Å². The van der Waals surface area contributed by atoms with Gasteiger partial charge in [-0.05, 0) is 50.3 Å². The van der Waals surface area contributed by atoms with Crippen molar-refractivity contribution in [3.63, 3.8) is 0 Å². The Kier molecular flexibility index (Phi) is 7.75. The number of carbonyl (C=O) groups is 1. The molecule has 172 valence electrons. The highest BCUT2D eigenvalue weighted by Gasteiger charge is 2.28. The van der Waals surface area contributed by atoms with Gasteiger partial charge in [-0.25, -0.2) is 17.7 Å². The van der Waals surface area contributed by atoms with Gasteiger partial charge in [-0.3, -0.25) is 4.79 Å². The third kappa shape index (κ3) is 5.29. The minimum absolute atomic E-state index is 0.0824. The molecular formula is C23H36N4O3S. The molecule has 0 spiro atoms. The lowest BCUT2D eigenvalue weighted by Gasteiger charge is -2.21. The molecule has 3 rings (SSSR count). The normalized spacial score (nSPS) is 19.4. The van der Waals surface area contributed by atoms with Crippen LogP contribution in [0.1, 0.15) is 64.6 Å². The van der Waals surface area contributed by atoms with Crippen LogP contribution in [-0.4, -0.2) is 48.3 Å². The van der Waals surface area contributed by atoms with Gasteiger partial charge in [0.1, 0.15) is 5.82 Å². The van der Waals surface area contributed by atoms with Gasteiger partial charge in [-0.15, -0.1) is 0 Å². The number of amides is 1. The fraction of sp³-hybridized carbons (Fsp3) is 0.652. The monoisotopic (exact) mass is 448 g/mol. The first kappa shape index (κ1) is 23.7. The maximum absolute atomic E-state index is 12.6. The van der Waals surface area contributed by atoms with Gasteiger partial charge in [-0.2, -0.15) is 0 Å². The van der Waals surface area contributed by atoms with E-state index in [0.717, 1.165) is 24.3 Å². The van der Waals surface area contributed by atoms with Gasteiger partial charge in [-0.1, -0.05) is 26.2 Å². The molecule has 1 N–H and O–H groups in total. The summed E-state index contributed by atoms with van der Waals surface area (Å²) in [5, 5.41) is 3.26. The quantitative estimate of drug-likeness (QED) is 0.600. The van der Waals surface area contributed by atoms with E-state index >= 15 is 0 Å². The van der Waals surface area contributed by atoms with Crippen molar-refractivity contribution < 1.29 is 13.2 Å². The summed E-state index contributed by atoms with van der Waals surface area (Å²) >= 11 is 0. The smallest absolute Gasteiger partial charge is 0.242 e. The molecule has 1 fully saturated rings. The summed E-state index contributed by atoms with van der Waals surface area (Å²) in [4.78, 5) is 17.5. The van der Waals surface area contributed by atoms with Crippen molar-refractivity contribution in [2.75, 3.05) is 14.1 Å². The van der Waals surface area contributed by atoms with Crippen molar-refractivity contribution >= 4 is 27.0 Å². The molecule has 0 saturated heterocycles. The summed E-state index contributed by atoms with van der Waals surface area (Å²) in [6.45, 7) is 4.96. The molecular weight excluding hydrogens is 412 g/mol. The Labute approximate surface area is 186 Å². The topological polar surface area (TPSA) is 84.3 Å². The summed E-state index contributed by atoms with van der Waals surface area (Å²) in [7, 11) is -0.472. The second-order valence-electron chi connectivity index (χ2n) is 8.72. The summed E-state index contributed by atoms with van der Waals surface area (Å²) in [5.74, 6) is 1.51. The third-order valence-electron chi connectivity index (χ3n) is 6.40. The van der Waals surface area contributed by atoms with Crippen molar-refractivity contribution in [1.82, 2.24) is 19.2 Å². The number of benzene rings is 1. The Morgan fingerprint density at radius 3 is 2.71 bits per heavy atom. The second-order valence-corrected chi connectivity index (χ2v) is 10.9. The largest absolute Gasteiger partial charge is 0.353 e. The average molecular weight is 449 g/mol. The second kappa shape index (κ2) is 10.1. The van der Waals surface area contributed by atoms with Gasteiger partial charge < -0.3 is 9.88 Å². The highest BCUT2D eigenvalue weighted by atomic mass is 32.2. The number of fused-ring (bicyclic) bond motifs is 1. The van der Waals surface area contributed by atoms with Crippen LogP contribution < -0.4 is 5.32 Å². The predicted octanol–water partition coefficient (Wildman–Crippen LogP) is 3.71. The van der Waals surface area contributed by atoms with Crippen molar-refractivity contribution in [2.45, 2.75) is 82.7 Å². The lowest BCUT2D eigenvalue weighted by atomic mass is 9.96. The first-order valence-electron chi connectivity index (χ1n) is 11.5. The van der Waals surface area contributed by atoms with Crippen LogP contribution in [0.4, 0.5) is 0 Å². The number of sulfonamides is 1. The fourth-order valence-corrected chi connectivity index (χ4v) is 5.54. The molecule has 1 aromatic heterocycles. The molecule has 2 unspecified atom stereocenters. The molecule has 2 aromatic rings. The van der Waals surface area contributed by atoms with Crippen LogP contribution in [0.25, 0.3) is 11.0 Å². The van der Waals surface area contributed by atoms with Crippen molar-refractivity contribution in [3.8, 4) is 0 Å². The Morgan fingerprint density at radius 1 is 1.26 bits per heavy atom. The first-order valence-corrected chi connectivity index (χ1v) is 12.9. The van der Waals surface area contributed by atoms with Crippen LogP contribution in [0.3, 0.4) is 0 Å². The number of rotatable bonds is 10. The zero-order valence-corrected chi connectivity index (χ0v) is 20.0. The Bertz CT molecular complexity index is 1010. The molecule has 1 heterocycles. The maximum atomic E-state index is 12.6. The van der Waals surface area contributed by atoms with Gasteiger partial charge >= 0.3 is 0 Å². The number of aromatic nitrogens is 2. The number of nitrogens with zero attached hydrogens (tertiary/aromatic N) is 3. The molecule has 0 aliphatic heterocycles. The highest BCUT2D eigenvalue weighted by molar-refractivity contribution is 7.89. The van der Waals surface area contributed by atoms with Crippen LogP contribution in [0.2, 0.25) is 0 Å². The third-order valence-corrected chi connectivity index (χ3v) is 8.21. The zero-order chi connectivity index (χ0) is 22.6. The number of hydrogen-bond donors (Lipinski definition) is 1. The van der Waals surface area contributed by atoms with Crippen LogP contribution in [0.5, 0.6) is 0 Å². The number of aryl methyl sites for hydroxylation is 2. The van der Waals surface area contributed by atoms with E-state index < -0.39 is 10.0 Å². The Hall–Kier alpha value is -1.93. The Balaban J connectivity index is 1.70. The standard InChI is InChI=1S/C23H36N4O3S/c1-5-7-9-17-10-8-11-19(17)25-23(28)15-14-22-24-20-16-18(31(29,30)26(3)4)12-13-21(20)27(22)6-2/h12-13,16-17,19H,5-11,14-15H2,1-4H3,(H,25,28). The minimum Gasteiger partial charge on any atom is -0.353 e. The van der Waals surface area contributed by atoms with Gasteiger partial charge in [0, 0.05) is 39.5 Å². The summed E-state index contributed by atoms with van der Waals surface area (Å²) < 4.78 is 28.2. The zero-order valence-electron chi connectivity index (χ0n) is 19.2. The molecule has 1 aromatic carbocycles. The van der Waals surface area contributed by atoms with E-state index in [9.17, 15) is 13.2 Å². The number of nitrogens with one attached hydrogen (secondary N) is 1. The molecule has 0 radical (unpaired) electrons. The molecule has 1 aliphatic rings. The average Bonchev–Trinajstić information content (AvgIpc) is 3.33. The molecule has 1 aliphatic carbocycles. The molecule has 31 heavy (non-hydrogen) atoms. The molecule has 1 amide bonds. The number of imidazole rings is 1. The number of unbranched alkanes of at least 4 members (excludes halogenated alkanes) is 1.